The van der Waals surface area contributed by atoms with E-state index in [0.29, 0.717) is 17.7 Å². The van der Waals surface area contributed by atoms with Crippen LogP contribution in [-0.4, -0.2) is 36.9 Å². The van der Waals surface area contributed by atoms with Crippen molar-refractivity contribution in [1.29, 1.82) is 0 Å². The van der Waals surface area contributed by atoms with Crippen molar-refractivity contribution in [2.75, 3.05) is 25.5 Å². The van der Waals surface area contributed by atoms with Crippen molar-refractivity contribution in [3.8, 4) is 5.75 Å². The first kappa shape index (κ1) is 18.0. The van der Waals surface area contributed by atoms with E-state index in [4.69, 9.17) is 4.74 Å². The quantitative estimate of drug-likeness (QED) is 0.866. The number of amides is 2. The van der Waals surface area contributed by atoms with E-state index in [1.54, 1.807) is 25.3 Å². The zero-order chi connectivity index (χ0) is 18.4. The van der Waals surface area contributed by atoms with Crippen molar-refractivity contribution in [3.63, 3.8) is 0 Å². The van der Waals surface area contributed by atoms with Crippen molar-refractivity contribution in [1.82, 2.24) is 4.90 Å². The van der Waals surface area contributed by atoms with Gasteiger partial charge in [0.15, 0.2) is 0 Å². The minimum absolute atomic E-state index is 0.209. The summed E-state index contributed by atoms with van der Waals surface area (Å²) in [5.74, 6) is 0.567. The van der Waals surface area contributed by atoms with Crippen LogP contribution in [0.5, 0.6) is 5.75 Å². The molecule has 0 saturated carbocycles. The van der Waals surface area contributed by atoms with Crippen molar-refractivity contribution >= 4 is 17.5 Å². The standard InChI is InChI=1S/C21H24N2O3/c1-26-19-7-3-2-6-18(19)21(25)22-17-11-8-16(9-12-17)10-13-20(24)23-14-4-5-15-23/h2-3,6-9,11-12H,4-5,10,13-15H2,1H3,(H,22,25). The SMILES string of the molecule is COc1ccccc1C(=O)Nc1ccc(CCC(=O)N2CCCC2)cc1. The molecule has 0 bridgehead atoms. The highest BCUT2D eigenvalue weighted by Crippen LogP contribution is 2.20. The number of ether oxygens (including phenoxy) is 1. The van der Waals surface area contributed by atoms with E-state index in [9.17, 15) is 9.59 Å². The molecule has 1 aliphatic heterocycles. The van der Waals surface area contributed by atoms with E-state index in [1.807, 2.05) is 35.2 Å². The van der Waals surface area contributed by atoms with Gasteiger partial charge in [0.25, 0.3) is 5.91 Å². The summed E-state index contributed by atoms with van der Waals surface area (Å²) in [7, 11) is 1.55. The van der Waals surface area contributed by atoms with Gasteiger partial charge in [-0.15, -0.1) is 0 Å². The van der Waals surface area contributed by atoms with Gasteiger partial charge in [0, 0.05) is 25.2 Å². The van der Waals surface area contributed by atoms with Crippen LogP contribution in [0.1, 0.15) is 35.2 Å². The normalized spacial score (nSPS) is 13.5. The van der Waals surface area contributed by atoms with Gasteiger partial charge in [-0.2, -0.15) is 0 Å². The van der Waals surface area contributed by atoms with Crippen LogP contribution >= 0.6 is 0 Å². The van der Waals surface area contributed by atoms with Crippen LogP contribution in [0.2, 0.25) is 0 Å². The van der Waals surface area contributed by atoms with Crippen LogP contribution < -0.4 is 10.1 Å². The van der Waals surface area contributed by atoms with Gasteiger partial charge >= 0.3 is 0 Å². The van der Waals surface area contributed by atoms with Gasteiger partial charge in [0.05, 0.1) is 12.7 Å². The van der Waals surface area contributed by atoms with Gasteiger partial charge in [0.2, 0.25) is 5.91 Å². The second kappa shape index (κ2) is 8.52. The lowest BCUT2D eigenvalue weighted by atomic mass is 10.1. The van der Waals surface area contributed by atoms with E-state index in [1.165, 1.54) is 0 Å². The number of hydrogen-bond donors (Lipinski definition) is 1. The Morgan fingerprint density at radius 2 is 1.73 bits per heavy atom. The fourth-order valence-corrected chi connectivity index (χ4v) is 3.16. The monoisotopic (exact) mass is 352 g/mol. The number of hydrogen-bond acceptors (Lipinski definition) is 3. The lowest BCUT2D eigenvalue weighted by molar-refractivity contribution is -0.130. The molecule has 3 rings (SSSR count). The first-order valence-electron chi connectivity index (χ1n) is 8.98. The van der Waals surface area contributed by atoms with Crippen LogP contribution in [0.3, 0.4) is 0 Å². The highest BCUT2D eigenvalue weighted by Gasteiger charge is 2.17. The topological polar surface area (TPSA) is 58.6 Å². The number of anilines is 1. The minimum atomic E-state index is -0.209. The lowest BCUT2D eigenvalue weighted by Crippen LogP contribution is -2.27. The Morgan fingerprint density at radius 3 is 2.42 bits per heavy atom. The van der Waals surface area contributed by atoms with Crippen molar-refractivity contribution < 1.29 is 14.3 Å². The van der Waals surface area contributed by atoms with Gasteiger partial charge in [-0.1, -0.05) is 24.3 Å². The number of benzene rings is 2. The summed E-state index contributed by atoms with van der Waals surface area (Å²) < 4.78 is 5.22. The number of nitrogens with one attached hydrogen (secondary N) is 1. The summed E-state index contributed by atoms with van der Waals surface area (Å²) in [5.41, 5.74) is 2.30. The molecule has 2 aromatic rings. The van der Waals surface area contributed by atoms with Gasteiger partial charge in [-0.25, -0.2) is 0 Å². The number of aryl methyl sites for hydroxylation is 1. The van der Waals surface area contributed by atoms with Gasteiger partial charge in [-0.3, -0.25) is 9.59 Å². The number of nitrogens with zero attached hydrogens (tertiary/aromatic N) is 1. The molecule has 136 valence electrons. The molecule has 0 atom stereocenters. The first-order chi connectivity index (χ1) is 12.7. The molecule has 0 spiro atoms. The predicted octanol–water partition coefficient (Wildman–Crippen LogP) is 3.50. The lowest BCUT2D eigenvalue weighted by Gasteiger charge is -2.15. The van der Waals surface area contributed by atoms with Crippen LogP contribution in [0, 0.1) is 0 Å². The van der Waals surface area contributed by atoms with E-state index in [2.05, 4.69) is 5.32 Å². The summed E-state index contributed by atoms with van der Waals surface area (Å²) in [6.45, 7) is 1.79. The van der Waals surface area contributed by atoms with Crippen molar-refractivity contribution in [2.24, 2.45) is 0 Å². The molecular formula is C21H24N2O3. The average Bonchev–Trinajstić information content (AvgIpc) is 3.22. The second-order valence-corrected chi connectivity index (χ2v) is 6.44. The summed E-state index contributed by atoms with van der Waals surface area (Å²) in [5, 5.41) is 2.88. The molecule has 2 aromatic carbocycles. The Labute approximate surface area is 154 Å². The fraction of sp³-hybridized carbons (Fsp3) is 0.333. The molecule has 26 heavy (non-hydrogen) atoms. The Kier molecular flexibility index (Phi) is 5.89. The highest BCUT2D eigenvalue weighted by atomic mass is 16.5. The molecule has 5 nitrogen and oxygen atoms in total. The molecule has 0 radical (unpaired) electrons. The Hall–Kier alpha value is -2.82. The smallest absolute Gasteiger partial charge is 0.259 e. The van der Waals surface area contributed by atoms with Crippen molar-refractivity contribution in [2.45, 2.75) is 25.7 Å². The molecule has 1 aliphatic rings. The number of rotatable bonds is 6. The molecule has 0 unspecified atom stereocenters. The third-order valence-electron chi connectivity index (χ3n) is 4.65. The maximum Gasteiger partial charge on any atom is 0.259 e. The largest absolute Gasteiger partial charge is 0.496 e. The van der Waals surface area contributed by atoms with Gasteiger partial charge in [0.1, 0.15) is 5.75 Å². The van der Waals surface area contributed by atoms with Gasteiger partial charge in [-0.05, 0) is 49.1 Å². The summed E-state index contributed by atoms with van der Waals surface area (Å²) in [6, 6.07) is 14.8. The molecule has 1 heterocycles. The molecule has 0 aliphatic carbocycles. The van der Waals surface area contributed by atoms with Crippen LogP contribution in [-0.2, 0) is 11.2 Å². The zero-order valence-electron chi connectivity index (χ0n) is 15.0. The maximum atomic E-state index is 12.4. The highest BCUT2D eigenvalue weighted by molar-refractivity contribution is 6.06. The average molecular weight is 352 g/mol. The Bertz CT molecular complexity index is 765. The van der Waals surface area contributed by atoms with Gasteiger partial charge < -0.3 is 15.0 Å². The number of methoxy groups -OCH3 is 1. The number of carbonyl (C=O) groups is 2. The summed E-state index contributed by atoms with van der Waals surface area (Å²) in [4.78, 5) is 26.5. The maximum absolute atomic E-state index is 12.4. The molecule has 2 amide bonds. The van der Waals surface area contributed by atoms with Crippen LogP contribution in [0.15, 0.2) is 48.5 Å². The zero-order valence-corrected chi connectivity index (χ0v) is 15.0. The number of likely N-dealkylation sites (tertiary alicyclic amines) is 1. The van der Waals surface area contributed by atoms with E-state index >= 15 is 0 Å². The van der Waals surface area contributed by atoms with Crippen LogP contribution in [0.25, 0.3) is 0 Å². The molecule has 1 saturated heterocycles. The predicted molar refractivity (Wildman–Crippen MR) is 102 cm³/mol. The Balaban J connectivity index is 1.55. The first-order valence-corrected chi connectivity index (χ1v) is 8.98. The molecule has 5 heteroatoms. The Morgan fingerprint density at radius 1 is 1.04 bits per heavy atom. The number of carbonyl (C=O) groups excluding carboxylic acids is 2. The third-order valence-corrected chi connectivity index (χ3v) is 4.65. The van der Waals surface area contributed by atoms with Crippen molar-refractivity contribution in [3.05, 3.63) is 59.7 Å². The second-order valence-electron chi connectivity index (χ2n) is 6.44. The van der Waals surface area contributed by atoms with Crippen LogP contribution in [0.4, 0.5) is 5.69 Å². The van der Waals surface area contributed by atoms with E-state index in [-0.39, 0.29) is 11.8 Å². The number of para-hydroxylation sites is 1. The third kappa shape index (κ3) is 4.42. The fourth-order valence-electron chi connectivity index (χ4n) is 3.16. The van der Waals surface area contributed by atoms with E-state index in [0.717, 1.165) is 43.6 Å². The van der Waals surface area contributed by atoms with E-state index < -0.39 is 0 Å². The summed E-state index contributed by atoms with van der Waals surface area (Å²) in [6.07, 6.45) is 3.49. The molecular weight excluding hydrogens is 328 g/mol. The molecule has 1 fully saturated rings. The molecule has 1 N–H and O–H groups in total. The summed E-state index contributed by atoms with van der Waals surface area (Å²) >= 11 is 0. The molecule has 0 aromatic heterocycles. The minimum Gasteiger partial charge on any atom is -0.496 e.